The molecule has 1 aromatic carbocycles. The Bertz CT molecular complexity index is 757. The fraction of sp³-hybridized carbons (Fsp3) is 0.471. The zero-order chi connectivity index (χ0) is 16.8. The monoisotopic (exact) mass is 349 g/mol. The highest BCUT2D eigenvalue weighted by Crippen LogP contribution is 2.20. The van der Waals surface area contributed by atoms with Crippen LogP contribution in [0.15, 0.2) is 36.5 Å². The molecule has 1 N–H and O–H groups in total. The highest BCUT2D eigenvalue weighted by molar-refractivity contribution is 7.89. The molecule has 0 bridgehead atoms. The van der Waals surface area contributed by atoms with Gasteiger partial charge in [-0.05, 0) is 43.4 Å². The van der Waals surface area contributed by atoms with Crippen LogP contribution in [-0.4, -0.2) is 37.1 Å². The normalized spacial score (nSPS) is 14.3. The lowest BCUT2D eigenvalue weighted by Crippen LogP contribution is -2.32. The molecular weight excluding hydrogens is 326 g/mol. The maximum absolute atomic E-state index is 12.0. The molecule has 0 spiro atoms. The van der Waals surface area contributed by atoms with E-state index in [1.54, 1.807) is 12.1 Å². The lowest BCUT2D eigenvalue weighted by molar-refractivity contribution is 0.340. The predicted octanol–water partition coefficient (Wildman–Crippen LogP) is 1.76. The fourth-order valence-electron chi connectivity index (χ4n) is 2.91. The quantitative estimate of drug-likeness (QED) is 0.788. The number of aromatic nitrogens is 2. The molecule has 3 rings (SSSR count). The van der Waals surface area contributed by atoms with Crippen molar-refractivity contribution in [1.29, 1.82) is 0 Å². The van der Waals surface area contributed by atoms with Crippen molar-refractivity contribution in [2.75, 3.05) is 18.9 Å². The molecule has 0 saturated carbocycles. The number of rotatable bonds is 8. The van der Waals surface area contributed by atoms with E-state index in [-0.39, 0.29) is 12.4 Å². The van der Waals surface area contributed by atoms with Crippen molar-refractivity contribution < 1.29 is 13.2 Å². The lowest BCUT2D eigenvalue weighted by atomic mass is 9.98. The Balaban J connectivity index is 1.43. The van der Waals surface area contributed by atoms with Crippen molar-refractivity contribution in [3.63, 3.8) is 0 Å². The van der Waals surface area contributed by atoms with Crippen LogP contribution in [0.25, 0.3) is 0 Å². The second-order valence-electron chi connectivity index (χ2n) is 5.92. The molecule has 0 unspecified atom stereocenters. The molecule has 1 aromatic heterocycles. The summed E-state index contributed by atoms with van der Waals surface area (Å²) < 4.78 is 34.0. The smallest absolute Gasteiger partial charge is 0.215 e. The Kier molecular flexibility index (Phi) is 5.52. The number of fused-ring (bicyclic) bond motifs is 1. The van der Waals surface area contributed by atoms with Crippen molar-refractivity contribution in [2.45, 2.75) is 32.2 Å². The van der Waals surface area contributed by atoms with Crippen LogP contribution in [0.3, 0.4) is 0 Å². The van der Waals surface area contributed by atoms with E-state index in [0.29, 0.717) is 18.8 Å². The van der Waals surface area contributed by atoms with Crippen molar-refractivity contribution in [1.82, 2.24) is 14.5 Å². The molecule has 0 aliphatic heterocycles. The zero-order valence-corrected chi connectivity index (χ0v) is 14.5. The van der Waals surface area contributed by atoms with Crippen molar-refractivity contribution in [2.24, 2.45) is 0 Å². The van der Waals surface area contributed by atoms with Crippen molar-refractivity contribution >= 4 is 10.0 Å². The SMILES string of the molecule is O=S(=O)(CCOc1ccccc1)NCCn1ncc2c1CCCC2. The molecule has 1 aliphatic carbocycles. The number of hydrogen-bond donors (Lipinski definition) is 1. The van der Waals surface area contributed by atoms with Crippen LogP contribution in [0, 0.1) is 0 Å². The van der Waals surface area contributed by atoms with Gasteiger partial charge in [0.1, 0.15) is 12.4 Å². The topological polar surface area (TPSA) is 73.2 Å². The number of benzene rings is 1. The Hall–Kier alpha value is -1.86. The minimum Gasteiger partial charge on any atom is -0.492 e. The van der Waals surface area contributed by atoms with Crippen LogP contribution in [0.2, 0.25) is 0 Å². The van der Waals surface area contributed by atoms with Crippen LogP contribution < -0.4 is 9.46 Å². The van der Waals surface area contributed by atoms with E-state index in [1.807, 2.05) is 29.1 Å². The molecule has 0 saturated heterocycles. The van der Waals surface area contributed by atoms with E-state index in [4.69, 9.17) is 4.74 Å². The number of sulfonamides is 1. The van der Waals surface area contributed by atoms with Gasteiger partial charge < -0.3 is 4.74 Å². The van der Waals surface area contributed by atoms with E-state index < -0.39 is 10.0 Å². The summed E-state index contributed by atoms with van der Waals surface area (Å²) in [5.41, 5.74) is 2.56. The second-order valence-corrected chi connectivity index (χ2v) is 7.85. The van der Waals surface area contributed by atoms with Crippen LogP contribution in [0.1, 0.15) is 24.1 Å². The van der Waals surface area contributed by atoms with Crippen LogP contribution in [0.5, 0.6) is 5.75 Å². The molecule has 7 heteroatoms. The van der Waals surface area contributed by atoms with E-state index in [0.717, 1.165) is 12.8 Å². The third kappa shape index (κ3) is 4.58. The largest absolute Gasteiger partial charge is 0.492 e. The third-order valence-corrected chi connectivity index (χ3v) is 5.50. The zero-order valence-electron chi connectivity index (χ0n) is 13.6. The maximum atomic E-state index is 12.0. The van der Waals surface area contributed by atoms with Gasteiger partial charge in [-0.25, -0.2) is 13.1 Å². The van der Waals surface area contributed by atoms with Gasteiger partial charge in [0, 0.05) is 12.2 Å². The van der Waals surface area contributed by atoms with Gasteiger partial charge in [0.15, 0.2) is 0 Å². The Morgan fingerprint density at radius 1 is 1.17 bits per heavy atom. The first-order valence-corrected chi connectivity index (χ1v) is 9.98. The van der Waals surface area contributed by atoms with E-state index in [2.05, 4.69) is 9.82 Å². The number of ether oxygens (including phenoxy) is 1. The summed E-state index contributed by atoms with van der Waals surface area (Å²) in [7, 11) is -3.34. The maximum Gasteiger partial charge on any atom is 0.215 e. The first-order chi connectivity index (χ1) is 11.6. The molecule has 0 atom stereocenters. The van der Waals surface area contributed by atoms with Crippen LogP contribution in [0.4, 0.5) is 0 Å². The second kappa shape index (κ2) is 7.81. The molecule has 1 aliphatic rings. The van der Waals surface area contributed by atoms with E-state index in [9.17, 15) is 8.42 Å². The summed E-state index contributed by atoms with van der Waals surface area (Å²) in [6, 6.07) is 9.21. The highest BCUT2D eigenvalue weighted by Gasteiger charge is 2.15. The fourth-order valence-corrected chi connectivity index (χ4v) is 3.76. The first kappa shape index (κ1) is 17.0. The van der Waals surface area contributed by atoms with Gasteiger partial charge >= 0.3 is 0 Å². The van der Waals surface area contributed by atoms with Gasteiger partial charge in [-0.1, -0.05) is 18.2 Å². The molecule has 2 aromatic rings. The molecule has 24 heavy (non-hydrogen) atoms. The number of hydrogen-bond acceptors (Lipinski definition) is 4. The Morgan fingerprint density at radius 3 is 2.79 bits per heavy atom. The van der Waals surface area contributed by atoms with Crippen molar-refractivity contribution in [3.8, 4) is 5.75 Å². The highest BCUT2D eigenvalue weighted by atomic mass is 32.2. The summed E-state index contributed by atoms with van der Waals surface area (Å²) >= 11 is 0. The molecule has 0 radical (unpaired) electrons. The summed E-state index contributed by atoms with van der Waals surface area (Å²) in [6.07, 6.45) is 6.43. The van der Waals surface area contributed by atoms with Gasteiger partial charge in [-0.2, -0.15) is 5.10 Å². The van der Waals surface area contributed by atoms with E-state index >= 15 is 0 Å². The molecular formula is C17H23N3O3S. The number of nitrogens with one attached hydrogen (secondary N) is 1. The number of nitrogens with zero attached hydrogens (tertiary/aromatic N) is 2. The Labute approximate surface area is 142 Å². The van der Waals surface area contributed by atoms with Gasteiger partial charge in [-0.3, -0.25) is 4.68 Å². The lowest BCUT2D eigenvalue weighted by Gasteiger charge is -2.14. The van der Waals surface area contributed by atoms with E-state index in [1.165, 1.54) is 24.1 Å². The molecule has 130 valence electrons. The molecule has 0 fully saturated rings. The molecule has 0 amide bonds. The van der Waals surface area contributed by atoms with Gasteiger partial charge in [0.2, 0.25) is 10.0 Å². The minimum absolute atomic E-state index is 0.0564. The van der Waals surface area contributed by atoms with Gasteiger partial charge in [-0.15, -0.1) is 0 Å². The van der Waals surface area contributed by atoms with Gasteiger partial charge in [0.05, 0.1) is 18.5 Å². The molecule has 1 heterocycles. The van der Waals surface area contributed by atoms with Crippen molar-refractivity contribution in [3.05, 3.63) is 47.8 Å². The third-order valence-electron chi connectivity index (χ3n) is 4.15. The average molecular weight is 349 g/mol. The standard InChI is InChI=1S/C17H23N3O3S/c21-24(22,13-12-23-16-7-2-1-3-8-16)19-10-11-20-17-9-5-4-6-15(17)14-18-20/h1-3,7-8,14,19H,4-6,9-13H2. The summed E-state index contributed by atoms with van der Waals surface area (Å²) in [4.78, 5) is 0. The summed E-state index contributed by atoms with van der Waals surface area (Å²) in [5, 5.41) is 4.38. The van der Waals surface area contributed by atoms with Crippen LogP contribution in [-0.2, 0) is 29.4 Å². The summed E-state index contributed by atoms with van der Waals surface area (Å²) in [6.45, 7) is 1.05. The average Bonchev–Trinajstić information content (AvgIpc) is 2.99. The van der Waals surface area contributed by atoms with Gasteiger partial charge in [0.25, 0.3) is 0 Å². The molecule has 6 nitrogen and oxygen atoms in total. The van der Waals surface area contributed by atoms with Crippen LogP contribution >= 0.6 is 0 Å². The predicted molar refractivity (Wildman–Crippen MR) is 92.6 cm³/mol. The number of para-hydroxylation sites is 1. The first-order valence-electron chi connectivity index (χ1n) is 8.33. The summed E-state index contributed by atoms with van der Waals surface area (Å²) in [5.74, 6) is 0.620. The number of aryl methyl sites for hydroxylation is 1. The minimum atomic E-state index is -3.34. The Morgan fingerprint density at radius 2 is 1.96 bits per heavy atom.